The topological polar surface area (TPSA) is 26.0 Å². The van der Waals surface area contributed by atoms with Crippen LogP contribution < -0.4 is 5.73 Å². The Morgan fingerprint density at radius 2 is 1.64 bits per heavy atom. The van der Waals surface area contributed by atoms with Crippen molar-refractivity contribution in [2.24, 2.45) is 5.73 Å². The highest BCUT2D eigenvalue weighted by molar-refractivity contribution is 5.19. The van der Waals surface area contributed by atoms with Crippen molar-refractivity contribution in [3.05, 3.63) is 35.9 Å². The lowest BCUT2D eigenvalue weighted by Gasteiger charge is -2.15. The van der Waals surface area contributed by atoms with Crippen LogP contribution in [0.3, 0.4) is 0 Å². The van der Waals surface area contributed by atoms with Crippen LogP contribution in [0.25, 0.3) is 0 Å². The van der Waals surface area contributed by atoms with Gasteiger partial charge in [0.2, 0.25) is 0 Å². The highest BCUT2D eigenvalue weighted by atomic mass is 14.6. The van der Waals surface area contributed by atoms with E-state index in [0.29, 0.717) is 5.92 Å². The zero-order chi connectivity index (χ0) is 8.27. The Labute approximate surface area is 68.2 Å². The Kier molecular flexibility index (Phi) is 2.66. The fourth-order valence-electron chi connectivity index (χ4n) is 1.06. The molecule has 1 unspecified atom stereocenters. The van der Waals surface area contributed by atoms with Gasteiger partial charge in [-0.1, -0.05) is 37.3 Å². The van der Waals surface area contributed by atoms with Crippen LogP contribution in [-0.4, -0.2) is 6.04 Å². The molecule has 0 saturated heterocycles. The van der Waals surface area contributed by atoms with Gasteiger partial charge in [0.25, 0.3) is 0 Å². The summed E-state index contributed by atoms with van der Waals surface area (Å²) in [5.41, 5.74) is 7.09. The number of benzene rings is 1. The molecule has 1 rings (SSSR count). The molecule has 0 aliphatic heterocycles. The molecule has 0 bridgehead atoms. The molecule has 0 radical (unpaired) electrons. The second kappa shape index (κ2) is 3.54. The summed E-state index contributed by atoms with van der Waals surface area (Å²) in [6.45, 7) is 4.19. The van der Waals surface area contributed by atoms with Gasteiger partial charge in [-0.2, -0.15) is 0 Å². The molecule has 60 valence electrons. The van der Waals surface area contributed by atoms with Crippen LogP contribution in [-0.2, 0) is 0 Å². The lowest BCUT2D eigenvalue weighted by atomic mass is 9.95. The number of rotatable bonds is 2. The van der Waals surface area contributed by atoms with Gasteiger partial charge >= 0.3 is 0 Å². The molecule has 0 heterocycles. The maximum Gasteiger partial charge on any atom is 0.00766 e. The molecule has 1 heteroatoms. The fraction of sp³-hybridized carbons (Fsp3) is 0.400. The zero-order valence-electron chi connectivity index (χ0n) is 7.12. The predicted octanol–water partition coefficient (Wildman–Crippen LogP) is 2.14. The minimum Gasteiger partial charge on any atom is -0.327 e. The minimum atomic E-state index is 0.234. The van der Waals surface area contributed by atoms with E-state index in [1.165, 1.54) is 5.56 Å². The van der Waals surface area contributed by atoms with Crippen molar-refractivity contribution in [1.29, 1.82) is 0 Å². The molecular formula is C10H15N. The van der Waals surface area contributed by atoms with E-state index in [1.54, 1.807) is 0 Å². The third-order valence-corrected chi connectivity index (χ3v) is 2.11. The Balaban J connectivity index is 2.77. The summed E-state index contributed by atoms with van der Waals surface area (Å²) in [6, 6.07) is 10.6. The number of hydrogen-bond acceptors (Lipinski definition) is 1. The van der Waals surface area contributed by atoms with Crippen LogP contribution in [0, 0.1) is 0 Å². The quantitative estimate of drug-likeness (QED) is 0.685. The molecule has 0 aliphatic rings. The molecule has 2 N–H and O–H groups in total. The zero-order valence-corrected chi connectivity index (χ0v) is 7.12. The van der Waals surface area contributed by atoms with Crippen molar-refractivity contribution in [2.45, 2.75) is 25.8 Å². The molecular weight excluding hydrogens is 134 g/mol. The normalized spacial score (nSPS) is 15.9. The fourth-order valence-corrected chi connectivity index (χ4v) is 1.06. The van der Waals surface area contributed by atoms with Gasteiger partial charge in [0.05, 0.1) is 0 Å². The summed E-state index contributed by atoms with van der Waals surface area (Å²) in [4.78, 5) is 0. The molecule has 2 atom stereocenters. The van der Waals surface area contributed by atoms with Gasteiger partial charge in [-0.3, -0.25) is 0 Å². The average Bonchev–Trinajstić information content (AvgIpc) is 2.05. The largest absolute Gasteiger partial charge is 0.327 e. The van der Waals surface area contributed by atoms with Crippen LogP contribution in [0.15, 0.2) is 30.3 Å². The third kappa shape index (κ3) is 2.05. The summed E-state index contributed by atoms with van der Waals surface area (Å²) in [5.74, 6) is 0.455. The van der Waals surface area contributed by atoms with Crippen molar-refractivity contribution in [2.75, 3.05) is 0 Å². The first kappa shape index (κ1) is 8.28. The molecule has 0 aromatic heterocycles. The van der Waals surface area contributed by atoms with E-state index in [4.69, 9.17) is 5.73 Å². The molecule has 0 aliphatic carbocycles. The van der Waals surface area contributed by atoms with E-state index >= 15 is 0 Å². The Bertz CT molecular complexity index is 203. The van der Waals surface area contributed by atoms with Gasteiger partial charge in [0.1, 0.15) is 0 Å². The standard InChI is InChI=1S/C10H15N/c1-8(9(2)11)10-6-4-3-5-7-10/h3-9H,11H2,1-2H3/t8-,9?/m1/s1. The van der Waals surface area contributed by atoms with Gasteiger partial charge < -0.3 is 5.73 Å². The average molecular weight is 149 g/mol. The van der Waals surface area contributed by atoms with Crippen molar-refractivity contribution < 1.29 is 0 Å². The van der Waals surface area contributed by atoms with E-state index in [-0.39, 0.29) is 6.04 Å². The highest BCUT2D eigenvalue weighted by Gasteiger charge is 2.08. The SMILES string of the molecule is CC(N)[C@@H](C)c1ccccc1. The molecule has 0 saturated carbocycles. The molecule has 0 amide bonds. The van der Waals surface area contributed by atoms with Gasteiger partial charge in [-0.05, 0) is 18.4 Å². The van der Waals surface area contributed by atoms with E-state index in [0.717, 1.165) is 0 Å². The third-order valence-electron chi connectivity index (χ3n) is 2.11. The van der Waals surface area contributed by atoms with Crippen LogP contribution in [0.4, 0.5) is 0 Å². The molecule has 0 fully saturated rings. The van der Waals surface area contributed by atoms with Gasteiger partial charge in [0, 0.05) is 6.04 Å². The monoisotopic (exact) mass is 149 g/mol. The lowest BCUT2D eigenvalue weighted by Crippen LogP contribution is -2.22. The Hall–Kier alpha value is -0.820. The number of hydrogen-bond donors (Lipinski definition) is 1. The smallest absolute Gasteiger partial charge is 0.00766 e. The van der Waals surface area contributed by atoms with E-state index in [9.17, 15) is 0 Å². The van der Waals surface area contributed by atoms with E-state index < -0.39 is 0 Å². The summed E-state index contributed by atoms with van der Waals surface area (Å²) in [5, 5.41) is 0. The molecule has 1 nitrogen and oxygen atoms in total. The first-order valence-electron chi connectivity index (χ1n) is 4.02. The molecule has 1 aromatic rings. The van der Waals surface area contributed by atoms with Crippen molar-refractivity contribution in [3.8, 4) is 0 Å². The predicted molar refractivity (Wildman–Crippen MR) is 48.5 cm³/mol. The second-order valence-corrected chi connectivity index (χ2v) is 3.06. The Morgan fingerprint density at radius 3 is 2.09 bits per heavy atom. The van der Waals surface area contributed by atoms with Crippen LogP contribution in [0.5, 0.6) is 0 Å². The van der Waals surface area contributed by atoms with Crippen LogP contribution in [0.2, 0.25) is 0 Å². The molecule has 1 aromatic carbocycles. The molecule has 11 heavy (non-hydrogen) atoms. The van der Waals surface area contributed by atoms with Gasteiger partial charge in [0.15, 0.2) is 0 Å². The molecule has 0 spiro atoms. The maximum atomic E-state index is 5.77. The van der Waals surface area contributed by atoms with Crippen LogP contribution in [0.1, 0.15) is 25.3 Å². The Morgan fingerprint density at radius 1 is 1.09 bits per heavy atom. The maximum absolute atomic E-state index is 5.77. The van der Waals surface area contributed by atoms with E-state index in [1.807, 2.05) is 25.1 Å². The summed E-state index contributed by atoms with van der Waals surface area (Å²) in [7, 11) is 0. The van der Waals surface area contributed by atoms with Crippen molar-refractivity contribution in [1.82, 2.24) is 0 Å². The first-order valence-corrected chi connectivity index (χ1v) is 4.02. The van der Waals surface area contributed by atoms with Crippen molar-refractivity contribution in [3.63, 3.8) is 0 Å². The van der Waals surface area contributed by atoms with Crippen LogP contribution >= 0.6 is 0 Å². The van der Waals surface area contributed by atoms with Gasteiger partial charge in [-0.15, -0.1) is 0 Å². The summed E-state index contributed by atoms with van der Waals surface area (Å²) in [6.07, 6.45) is 0. The van der Waals surface area contributed by atoms with Crippen molar-refractivity contribution >= 4 is 0 Å². The first-order chi connectivity index (χ1) is 5.22. The highest BCUT2D eigenvalue weighted by Crippen LogP contribution is 2.16. The second-order valence-electron chi connectivity index (χ2n) is 3.06. The minimum absolute atomic E-state index is 0.234. The summed E-state index contributed by atoms with van der Waals surface area (Å²) >= 11 is 0. The van der Waals surface area contributed by atoms with E-state index in [2.05, 4.69) is 19.1 Å². The number of nitrogens with two attached hydrogens (primary N) is 1. The lowest BCUT2D eigenvalue weighted by molar-refractivity contribution is 0.613. The van der Waals surface area contributed by atoms with Gasteiger partial charge in [-0.25, -0.2) is 0 Å². The summed E-state index contributed by atoms with van der Waals surface area (Å²) < 4.78 is 0.